The molecule has 0 aliphatic rings. The van der Waals surface area contributed by atoms with Crippen molar-refractivity contribution in [2.45, 2.75) is 143 Å². The zero-order chi connectivity index (χ0) is 49.1. The van der Waals surface area contributed by atoms with Crippen molar-refractivity contribution in [1.82, 2.24) is 33.8 Å². The molecule has 3 rings (SSSR count). The third-order valence-electron chi connectivity index (χ3n) is 8.58. The van der Waals surface area contributed by atoms with Gasteiger partial charge in [0.05, 0.1) is 18.0 Å². The molecule has 2 amide bonds. The van der Waals surface area contributed by atoms with Crippen LogP contribution in [-0.2, 0) is 90.3 Å². The van der Waals surface area contributed by atoms with Crippen LogP contribution in [0.15, 0.2) is 53.9 Å². The molecule has 360 valence electrons. The summed E-state index contributed by atoms with van der Waals surface area (Å²) in [6.07, 6.45) is 6.58. The van der Waals surface area contributed by atoms with Crippen LogP contribution in [0.2, 0.25) is 0 Å². The minimum Gasteiger partial charge on any atom is -0.459 e. The lowest BCUT2D eigenvalue weighted by Crippen LogP contribution is -2.44. The van der Waals surface area contributed by atoms with E-state index in [1.807, 2.05) is 4.90 Å². The van der Waals surface area contributed by atoms with Crippen molar-refractivity contribution in [3.63, 3.8) is 0 Å². The van der Waals surface area contributed by atoms with E-state index in [0.29, 0.717) is 24.6 Å². The van der Waals surface area contributed by atoms with Crippen molar-refractivity contribution >= 4 is 45.7 Å². The Bertz CT molecular complexity index is 2060. The van der Waals surface area contributed by atoms with Crippen molar-refractivity contribution in [1.29, 1.82) is 0 Å². The topological polar surface area (TPSA) is 245 Å². The number of hydrogen-bond acceptors (Lipinski definition) is 15. The average molecular weight is 931 g/mol. The van der Waals surface area contributed by atoms with E-state index in [0.717, 1.165) is 15.4 Å². The smallest absolute Gasteiger partial charge is 0.326 e. The Morgan fingerprint density at radius 2 is 0.892 bits per heavy atom. The summed E-state index contributed by atoms with van der Waals surface area (Å²) in [5, 5.41) is 5.31. The number of nitrogens with two attached hydrogens (primary N) is 1. The van der Waals surface area contributed by atoms with Gasteiger partial charge in [0.1, 0.15) is 73.3 Å². The summed E-state index contributed by atoms with van der Waals surface area (Å²) in [7, 11) is -3.92. The lowest BCUT2D eigenvalue weighted by Gasteiger charge is -2.27. The van der Waals surface area contributed by atoms with Gasteiger partial charge < -0.3 is 37.9 Å². The Labute approximate surface area is 381 Å². The summed E-state index contributed by atoms with van der Waals surface area (Å²) < 4.78 is 48.7. The van der Waals surface area contributed by atoms with Gasteiger partial charge in [-0.1, -0.05) is 12.1 Å². The molecule has 20 nitrogen and oxygen atoms in total. The lowest BCUT2D eigenvalue weighted by molar-refractivity contribution is -0.165. The van der Waals surface area contributed by atoms with Gasteiger partial charge in [-0.15, -0.1) is 0 Å². The highest BCUT2D eigenvalue weighted by atomic mass is 32.2. The van der Waals surface area contributed by atoms with Crippen LogP contribution < -0.4 is 5.14 Å². The number of nitrogens with zero attached hydrogens (tertiary/aromatic N) is 7. The van der Waals surface area contributed by atoms with E-state index in [1.54, 1.807) is 117 Å². The highest BCUT2D eigenvalue weighted by molar-refractivity contribution is 7.89. The summed E-state index contributed by atoms with van der Waals surface area (Å²) in [5.74, 6) is -3.17. The number of aromatic nitrogens is 4. The number of benzene rings is 1. The van der Waals surface area contributed by atoms with Crippen molar-refractivity contribution < 1.29 is 56.1 Å². The van der Waals surface area contributed by atoms with Gasteiger partial charge >= 0.3 is 23.9 Å². The minimum absolute atomic E-state index is 0.0451. The summed E-state index contributed by atoms with van der Waals surface area (Å²) in [6.45, 7) is 18.2. The van der Waals surface area contributed by atoms with E-state index in [4.69, 9.17) is 24.1 Å². The average Bonchev–Trinajstić information content (AvgIpc) is 3.74. The molecule has 0 saturated carbocycles. The lowest BCUT2D eigenvalue weighted by atomic mass is 10.1. The van der Waals surface area contributed by atoms with Gasteiger partial charge in [-0.05, 0) is 107 Å². The monoisotopic (exact) mass is 930 g/mol. The fourth-order valence-electron chi connectivity index (χ4n) is 6.09. The van der Waals surface area contributed by atoms with Gasteiger partial charge in [0, 0.05) is 31.3 Å². The first-order chi connectivity index (χ1) is 29.7. The SMILES string of the molecule is CC(C)(C)OC(=O)CN(CC(=O)OC(C)(C)C)C(=O)Cn1ccnc1CN(CCc1ccc(S(N)(=O)=O)cc1)Cc1nccn1CC(=O)N(CC(=O)OC(C)(C)C)CC(=O)OC(C)(C)C. The Balaban J connectivity index is 1.93. The highest BCUT2D eigenvalue weighted by Crippen LogP contribution is 2.16. The molecule has 2 aromatic heterocycles. The van der Waals surface area contributed by atoms with Gasteiger partial charge in [0.25, 0.3) is 0 Å². The van der Waals surface area contributed by atoms with Crippen LogP contribution in [0.25, 0.3) is 0 Å². The maximum absolute atomic E-state index is 13.9. The van der Waals surface area contributed by atoms with Crippen molar-refractivity contribution in [2.75, 3.05) is 32.7 Å². The second-order valence-corrected chi connectivity index (χ2v) is 21.0. The van der Waals surface area contributed by atoms with Crippen molar-refractivity contribution in [3.05, 3.63) is 66.3 Å². The molecule has 0 aliphatic carbocycles. The molecular weight excluding hydrogens is 865 g/mol. The number of hydrogen-bond donors (Lipinski definition) is 1. The molecule has 0 saturated heterocycles. The van der Waals surface area contributed by atoms with Crippen LogP contribution >= 0.6 is 0 Å². The number of amides is 2. The molecule has 0 spiro atoms. The van der Waals surface area contributed by atoms with Crippen molar-refractivity contribution in [2.24, 2.45) is 5.14 Å². The number of esters is 4. The quantitative estimate of drug-likeness (QED) is 0.126. The van der Waals surface area contributed by atoms with E-state index in [1.165, 1.54) is 24.5 Å². The number of sulfonamides is 1. The van der Waals surface area contributed by atoms with E-state index < -0.39 is 94.3 Å². The Morgan fingerprint density at radius 3 is 1.18 bits per heavy atom. The molecular formula is C44H66N8O12S. The number of carbonyl (C=O) groups is 6. The predicted molar refractivity (Wildman–Crippen MR) is 237 cm³/mol. The van der Waals surface area contributed by atoms with Crippen LogP contribution in [-0.4, -0.2) is 133 Å². The Morgan fingerprint density at radius 1 is 0.569 bits per heavy atom. The van der Waals surface area contributed by atoms with Crippen LogP contribution in [0.3, 0.4) is 0 Å². The standard InChI is InChI=1S/C44H66N8O12S/c1-41(2,3)61-37(55)27-51(28-38(56)62-42(4,5)6)35(53)25-49-21-18-46-33(49)23-48(20-17-31-13-15-32(16-14-31)65(45,59)60)24-34-47-19-22-50(34)26-36(54)52(29-39(57)63-43(7,8)9)30-40(58)64-44(10,11)12/h13-16,18-19,21-22H,17,20,23-30H2,1-12H3,(H2,45,59,60). The molecule has 3 aromatic rings. The van der Waals surface area contributed by atoms with Crippen LogP contribution in [0, 0.1) is 0 Å². The van der Waals surface area contributed by atoms with E-state index >= 15 is 0 Å². The predicted octanol–water partition coefficient (Wildman–Crippen LogP) is 3.00. The molecule has 65 heavy (non-hydrogen) atoms. The minimum atomic E-state index is -3.92. The highest BCUT2D eigenvalue weighted by Gasteiger charge is 2.29. The van der Waals surface area contributed by atoms with Gasteiger partial charge in [0.2, 0.25) is 21.8 Å². The molecule has 21 heteroatoms. The summed E-state index contributed by atoms with van der Waals surface area (Å²) in [5.41, 5.74) is -2.59. The molecule has 0 unspecified atom stereocenters. The first kappa shape index (κ1) is 53.7. The normalized spacial score (nSPS) is 12.4. The molecule has 0 radical (unpaired) electrons. The zero-order valence-corrected chi connectivity index (χ0v) is 40.5. The molecule has 0 atom stereocenters. The molecule has 0 fully saturated rings. The maximum Gasteiger partial charge on any atom is 0.326 e. The molecule has 2 N–H and O–H groups in total. The fourth-order valence-corrected chi connectivity index (χ4v) is 6.61. The van der Waals surface area contributed by atoms with Gasteiger partial charge in [0.15, 0.2) is 0 Å². The second-order valence-electron chi connectivity index (χ2n) is 19.4. The third-order valence-corrected chi connectivity index (χ3v) is 9.51. The number of rotatable bonds is 20. The molecule has 2 heterocycles. The Hall–Kier alpha value is -5.67. The first-order valence-corrected chi connectivity index (χ1v) is 22.6. The van der Waals surface area contributed by atoms with Gasteiger partial charge in [-0.3, -0.25) is 33.7 Å². The third kappa shape index (κ3) is 20.4. The molecule has 0 bridgehead atoms. The molecule has 0 aliphatic heterocycles. The van der Waals surface area contributed by atoms with Gasteiger partial charge in [-0.2, -0.15) is 0 Å². The summed E-state index contributed by atoms with van der Waals surface area (Å²) in [6, 6.07) is 6.11. The number of primary sulfonamides is 1. The number of imidazole rings is 2. The largest absolute Gasteiger partial charge is 0.459 e. The second kappa shape index (κ2) is 22.0. The molecule has 1 aromatic carbocycles. The first-order valence-electron chi connectivity index (χ1n) is 21.0. The van der Waals surface area contributed by atoms with E-state index in [2.05, 4.69) is 9.97 Å². The van der Waals surface area contributed by atoms with E-state index in [-0.39, 0.29) is 31.1 Å². The van der Waals surface area contributed by atoms with Crippen LogP contribution in [0.4, 0.5) is 0 Å². The number of ether oxygens (including phenoxy) is 4. The maximum atomic E-state index is 13.9. The van der Waals surface area contributed by atoms with E-state index in [9.17, 15) is 37.2 Å². The van der Waals surface area contributed by atoms with Crippen molar-refractivity contribution in [3.8, 4) is 0 Å². The zero-order valence-electron chi connectivity index (χ0n) is 39.7. The summed E-state index contributed by atoms with van der Waals surface area (Å²) in [4.78, 5) is 92.4. The van der Waals surface area contributed by atoms with Crippen LogP contribution in [0.5, 0.6) is 0 Å². The van der Waals surface area contributed by atoms with Crippen LogP contribution in [0.1, 0.15) is 100 Å². The van der Waals surface area contributed by atoms with Gasteiger partial charge in [-0.25, -0.2) is 23.5 Å². The Kier molecular flexibility index (Phi) is 18.2. The fraction of sp³-hybridized carbons (Fsp3) is 0.591. The summed E-state index contributed by atoms with van der Waals surface area (Å²) >= 11 is 0. The number of carbonyl (C=O) groups excluding carboxylic acids is 6.